The third-order valence-corrected chi connectivity index (χ3v) is 6.29. The summed E-state index contributed by atoms with van der Waals surface area (Å²) in [5.74, 6) is -0.827. The van der Waals surface area contributed by atoms with Crippen LogP contribution in [0.25, 0.3) is 0 Å². The van der Waals surface area contributed by atoms with Crippen LogP contribution in [0.1, 0.15) is 54.4 Å². The second-order valence-corrected chi connectivity index (χ2v) is 11.5. The van der Waals surface area contributed by atoms with Crippen molar-refractivity contribution < 1.29 is 9.59 Å². The first-order chi connectivity index (χ1) is 12.8. The van der Waals surface area contributed by atoms with Gasteiger partial charge >= 0.3 is 0 Å². The summed E-state index contributed by atoms with van der Waals surface area (Å²) in [6, 6.07) is 0. The molecule has 28 heavy (non-hydrogen) atoms. The Kier molecular flexibility index (Phi) is 7.48. The molecule has 0 aromatic carbocycles. The van der Waals surface area contributed by atoms with Crippen LogP contribution in [-0.4, -0.2) is 26.9 Å². The molecule has 0 spiro atoms. The van der Waals surface area contributed by atoms with E-state index in [1.807, 2.05) is 0 Å². The molecule has 2 rings (SSSR count). The molecule has 0 saturated heterocycles. The first-order valence-corrected chi connectivity index (χ1v) is 11.1. The molecule has 1 aromatic rings. The Morgan fingerprint density at radius 2 is 1.75 bits per heavy atom. The molecule has 1 aliphatic rings. The summed E-state index contributed by atoms with van der Waals surface area (Å²) in [5.41, 5.74) is 6.33. The number of anilines is 1. The van der Waals surface area contributed by atoms with Gasteiger partial charge in [0.05, 0.1) is 5.56 Å². The number of aryl methyl sites for hydroxylation is 1. The van der Waals surface area contributed by atoms with Gasteiger partial charge in [-0.15, -0.1) is 11.3 Å². The lowest BCUT2D eigenvalue weighted by atomic mass is 9.95. The van der Waals surface area contributed by atoms with E-state index in [1.54, 1.807) is 20.8 Å². The van der Waals surface area contributed by atoms with Gasteiger partial charge in [-0.25, -0.2) is 0 Å². The Morgan fingerprint density at radius 3 is 2.29 bits per heavy atom. The Labute approximate surface area is 188 Å². The molecular weight excluding hydrogens is 463 g/mol. The van der Waals surface area contributed by atoms with E-state index in [9.17, 15) is 9.59 Å². The largest absolute Gasteiger partial charge is 0.365 e. The van der Waals surface area contributed by atoms with Gasteiger partial charge in [0.2, 0.25) is 9.70 Å². The number of primary amides is 1. The van der Waals surface area contributed by atoms with E-state index in [-0.39, 0.29) is 11.0 Å². The monoisotopic (exact) mass is 484 g/mol. The van der Waals surface area contributed by atoms with Crippen LogP contribution >= 0.6 is 58.4 Å². The molecule has 156 valence electrons. The number of nitrogens with one attached hydrogen (secondary N) is 3. The van der Waals surface area contributed by atoms with Crippen LogP contribution in [0.3, 0.4) is 0 Å². The smallest absolute Gasteiger partial charge is 0.251 e. The fraction of sp³-hybridized carbons (Fsp3) is 0.588. The fourth-order valence-electron chi connectivity index (χ4n) is 2.73. The lowest BCUT2D eigenvalue weighted by molar-refractivity contribution is -0.129. The van der Waals surface area contributed by atoms with Gasteiger partial charge in [0.15, 0.2) is 5.11 Å². The number of hydrogen-bond donors (Lipinski definition) is 4. The van der Waals surface area contributed by atoms with Gasteiger partial charge in [-0.05, 0) is 43.5 Å². The third kappa shape index (κ3) is 5.86. The molecule has 6 nitrogen and oxygen atoms in total. The highest BCUT2D eigenvalue weighted by atomic mass is 35.6. The van der Waals surface area contributed by atoms with Gasteiger partial charge in [-0.1, -0.05) is 55.6 Å². The number of fused-ring (bicyclic) bond motifs is 1. The number of thiocarbonyl (C=S) groups is 1. The quantitative estimate of drug-likeness (QED) is 0.295. The molecule has 1 aromatic heterocycles. The Balaban J connectivity index is 2.18. The molecular formula is C17H23Cl3N4O2S2. The third-order valence-electron chi connectivity index (χ3n) is 4.20. The highest BCUT2D eigenvalue weighted by molar-refractivity contribution is 7.80. The normalized spacial score (nSPS) is 15.4. The van der Waals surface area contributed by atoms with Crippen molar-refractivity contribution in [2.24, 2.45) is 11.1 Å². The minimum absolute atomic E-state index is 0.103. The Bertz CT molecular complexity index is 785. The molecule has 2 amide bonds. The van der Waals surface area contributed by atoms with Crippen molar-refractivity contribution in [3.8, 4) is 0 Å². The second-order valence-electron chi connectivity index (χ2n) is 7.58. The number of amides is 2. The van der Waals surface area contributed by atoms with Gasteiger partial charge in [0.1, 0.15) is 11.2 Å². The van der Waals surface area contributed by atoms with Crippen LogP contribution in [0.15, 0.2) is 0 Å². The lowest BCUT2D eigenvalue weighted by Gasteiger charge is -2.30. The highest BCUT2D eigenvalue weighted by Gasteiger charge is 2.37. The summed E-state index contributed by atoms with van der Waals surface area (Å²) < 4.78 is -1.85. The molecule has 11 heteroatoms. The van der Waals surface area contributed by atoms with Crippen LogP contribution in [-0.2, 0) is 17.6 Å². The van der Waals surface area contributed by atoms with Crippen molar-refractivity contribution in [3.05, 3.63) is 16.0 Å². The first-order valence-electron chi connectivity index (χ1n) is 8.70. The second kappa shape index (κ2) is 8.92. The number of carbonyl (C=O) groups excluding carboxylic acids is 2. The van der Waals surface area contributed by atoms with Crippen molar-refractivity contribution >= 4 is 80.3 Å². The number of rotatable bonds is 4. The minimum atomic E-state index is -1.85. The van der Waals surface area contributed by atoms with Gasteiger partial charge in [0, 0.05) is 10.3 Å². The van der Waals surface area contributed by atoms with Crippen molar-refractivity contribution in [1.82, 2.24) is 10.6 Å². The number of thiophene rings is 1. The first kappa shape index (κ1) is 23.5. The molecule has 1 atom stereocenters. The van der Waals surface area contributed by atoms with E-state index in [1.165, 1.54) is 11.3 Å². The molecule has 0 fully saturated rings. The van der Waals surface area contributed by atoms with Crippen molar-refractivity contribution in [2.45, 2.75) is 56.4 Å². The maximum absolute atomic E-state index is 12.3. The number of halogens is 3. The van der Waals surface area contributed by atoms with E-state index in [0.717, 1.165) is 36.1 Å². The molecule has 0 radical (unpaired) electrons. The van der Waals surface area contributed by atoms with E-state index in [2.05, 4.69) is 16.0 Å². The summed E-state index contributed by atoms with van der Waals surface area (Å²) in [5, 5.41) is 9.08. The number of carbonyl (C=O) groups is 2. The fourth-order valence-corrected chi connectivity index (χ4v) is 4.64. The van der Waals surface area contributed by atoms with Crippen LogP contribution in [0.2, 0.25) is 0 Å². The highest BCUT2D eigenvalue weighted by Crippen LogP contribution is 2.38. The topological polar surface area (TPSA) is 96.2 Å². The molecule has 0 saturated carbocycles. The standard InChI is InChI=1S/C17H23Cl3N4O2S2/c1-16(2,3)14(26)23-13(17(18,19)20)24-15(27)22-12-10(11(21)25)8-6-4-5-7-9(8)28-12/h13H,4-7H2,1-3H3,(H2,21,25)(H,23,26)(H2,22,24,27). The minimum Gasteiger partial charge on any atom is -0.365 e. The van der Waals surface area contributed by atoms with Gasteiger partial charge in [-0.2, -0.15) is 0 Å². The number of nitrogens with two attached hydrogens (primary N) is 1. The van der Waals surface area contributed by atoms with Crippen LogP contribution in [0.4, 0.5) is 5.00 Å². The Morgan fingerprint density at radius 1 is 1.14 bits per heavy atom. The molecule has 1 unspecified atom stereocenters. The van der Waals surface area contributed by atoms with Crippen LogP contribution in [0, 0.1) is 5.41 Å². The Hall–Kier alpha value is -0.800. The van der Waals surface area contributed by atoms with Crippen LogP contribution < -0.4 is 21.7 Å². The van der Waals surface area contributed by atoms with Crippen molar-refractivity contribution in [3.63, 3.8) is 0 Å². The molecule has 0 bridgehead atoms. The van der Waals surface area contributed by atoms with Crippen molar-refractivity contribution in [1.29, 1.82) is 0 Å². The van der Waals surface area contributed by atoms with E-state index >= 15 is 0 Å². The van der Waals surface area contributed by atoms with Gasteiger partial charge in [-0.3, -0.25) is 9.59 Å². The average Bonchev–Trinajstić information content (AvgIpc) is 2.89. The summed E-state index contributed by atoms with van der Waals surface area (Å²) in [6.07, 6.45) is 2.73. The maximum Gasteiger partial charge on any atom is 0.251 e. The molecule has 1 heterocycles. The zero-order valence-electron chi connectivity index (χ0n) is 15.8. The number of alkyl halides is 3. The maximum atomic E-state index is 12.3. The SMILES string of the molecule is CC(C)(C)C(=O)NC(NC(=S)Nc1sc2c(c1C(N)=O)CCCC2)C(Cl)(Cl)Cl. The van der Waals surface area contributed by atoms with Crippen LogP contribution in [0.5, 0.6) is 0 Å². The van der Waals surface area contributed by atoms with Gasteiger partial charge < -0.3 is 21.7 Å². The summed E-state index contributed by atoms with van der Waals surface area (Å²) in [6.45, 7) is 5.22. The molecule has 0 aliphatic heterocycles. The van der Waals surface area contributed by atoms with E-state index in [0.29, 0.717) is 10.6 Å². The molecule has 5 N–H and O–H groups in total. The zero-order chi connectivity index (χ0) is 21.3. The predicted molar refractivity (Wildman–Crippen MR) is 121 cm³/mol. The lowest BCUT2D eigenvalue weighted by Crippen LogP contribution is -2.58. The number of hydrogen-bond acceptors (Lipinski definition) is 4. The predicted octanol–water partition coefficient (Wildman–Crippen LogP) is 3.87. The summed E-state index contributed by atoms with van der Waals surface area (Å²) in [4.78, 5) is 25.4. The van der Waals surface area contributed by atoms with Crippen molar-refractivity contribution in [2.75, 3.05) is 5.32 Å². The van der Waals surface area contributed by atoms with E-state index in [4.69, 9.17) is 52.8 Å². The average molecular weight is 486 g/mol. The zero-order valence-corrected chi connectivity index (χ0v) is 19.7. The summed E-state index contributed by atoms with van der Waals surface area (Å²) >= 11 is 24.8. The van der Waals surface area contributed by atoms with Gasteiger partial charge in [0.25, 0.3) is 5.91 Å². The molecule has 1 aliphatic carbocycles. The van der Waals surface area contributed by atoms with E-state index < -0.39 is 21.3 Å². The summed E-state index contributed by atoms with van der Waals surface area (Å²) in [7, 11) is 0.